The number of nitrogens with zero attached hydrogens (tertiary/aromatic N) is 2. The Bertz CT molecular complexity index is 1330. The molecule has 5 amide bonds. The SMILES string of the molecule is CNC(=O)C(=O)C(CC1CC1)NC(=O)[C@@H]1[C@@H]2[C@H](CN1C(=O)[C@@H](NC(=O)N[C@H](C(=O)c1ccccn1)C(C)C)C(C)(C)C)C2(C)C. The Labute approximate surface area is 265 Å². The third kappa shape index (κ3) is 7.36. The average Bonchev–Trinajstić information content (AvgIpc) is 3.84. The van der Waals surface area contributed by atoms with Crippen molar-refractivity contribution in [2.45, 2.75) is 91.9 Å². The number of rotatable bonds is 12. The standard InChI is InChI=1S/C33H48N6O6/c1-17(2)23(25(40)20-11-9-10-14-35-20)37-31(45)38-27(32(3,4)5)30(44)39-16-19-22(33(19,6)7)24(39)28(42)36-21(15-18-12-13-18)26(41)29(43)34-8/h9-11,14,17-19,21-24,27H,12-13,15-16H2,1-8H3,(H,34,43)(H,36,42)(H2,37,38,45)/t19-,21?,22-,23-,24-,27+/m0/s1. The molecule has 1 aromatic heterocycles. The van der Waals surface area contributed by atoms with Gasteiger partial charge in [0, 0.05) is 19.8 Å². The summed E-state index contributed by atoms with van der Waals surface area (Å²) in [6.07, 6.45) is 3.75. The minimum Gasteiger partial charge on any atom is -0.353 e. The smallest absolute Gasteiger partial charge is 0.316 e. The summed E-state index contributed by atoms with van der Waals surface area (Å²) in [7, 11) is 1.37. The van der Waals surface area contributed by atoms with Gasteiger partial charge in [0.1, 0.15) is 17.8 Å². The molecule has 246 valence electrons. The van der Waals surface area contributed by atoms with Crippen LogP contribution in [0.3, 0.4) is 0 Å². The quantitative estimate of drug-likeness (QED) is 0.204. The average molecular weight is 625 g/mol. The number of aromatic nitrogens is 1. The fourth-order valence-corrected chi connectivity index (χ4v) is 6.60. The number of hydrogen-bond donors (Lipinski definition) is 4. The molecule has 2 saturated carbocycles. The van der Waals surface area contributed by atoms with E-state index in [9.17, 15) is 28.8 Å². The zero-order valence-corrected chi connectivity index (χ0v) is 27.6. The summed E-state index contributed by atoms with van der Waals surface area (Å²) in [6, 6.07) is 0.555. The molecule has 4 N–H and O–H groups in total. The lowest BCUT2D eigenvalue weighted by atomic mass is 9.85. The fourth-order valence-electron chi connectivity index (χ4n) is 6.60. The van der Waals surface area contributed by atoms with E-state index in [0.717, 1.165) is 12.8 Å². The molecular weight excluding hydrogens is 576 g/mol. The Morgan fingerprint density at radius 3 is 2.22 bits per heavy atom. The second kappa shape index (κ2) is 12.9. The molecule has 6 atom stereocenters. The van der Waals surface area contributed by atoms with Gasteiger partial charge < -0.3 is 26.2 Å². The Morgan fingerprint density at radius 2 is 1.69 bits per heavy atom. The largest absolute Gasteiger partial charge is 0.353 e. The number of piperidine rings is 1. The highest BCUT2D eigenvalue weighted by Gasteiger charge is 2.70. The summed E-state index contributed by atoms with van der Waals surface area (Å²) in [5.41, 5.74) is -0.712. The number of ketones is 2. The van der Waals surface area contributed by atoms with E-state index in [0.29, 0.717) is 13.0 Å². The summed E-state index contributed by atoms with van der Waals surface area (Å²) in [5, 5.41) is 10.7. The molecule has 3 aliphatic rings. The first kappa shape index (κ1) is 34.1. The van der Waals surface area contributed by atoms with Crippen molar-refractivity contribution in [3.8, 4) is 0 Å². The molecule has 1 aliphatic heterocycles. The lowest BCUT2D eigenvalue weighted by molar-refractivity contribution is -0.145. The summed E-state index contributed by atoms with van der Waals surface area (Å²) in [4.78, 5) is 85.4. The van der Waals surface area contributed by atoms with Gasteiger partial charge in [0.2, 0.25) is 23.4 Å². The van der Waals surface area contributed by atoms with Gasteiger partial charge in [0.25, 0.3) is 5.91 Å². The predicted molar refractivity (Wildman–Crippen MR) is 167 cm³/mol. The van der Waals surface area contributed by atoms with Gasteiger partial charge in [-0.25, -0.2) is 4.79 Å². The molecule has 1 unspecified atom stereocenters. The van der Waals surface area contributed by atoms with Gasteiger partial charge in [0.05, 0.1) is 12.1 Å². The number of hydrogen-bond acceptors (Lipinski definition) is 7. The van der Waals surface area contributed by atoms with E-state index in [4.69, 9.17) is 0 Å². The Hall–Kier alpha value is -3.83. The number of likely N-dealkylation sites (tertiary alicyclic amines) is 1. The fraction of sp³-hybridized carbons (Fsp3) is 0.667. The summed E-state index contributed by atoms with van der Waals surface area (Å²) < 4.78 is 0. The minimum atomic E-state index is -1.03. The van der Waals surface area contributed by atoms with Crippen molar-refractivity contribution in [3.05, 3.63) is 30.1 Å². The van der Waals surface area contributed by atoms with Gasteiger partial charge in [-0.2, -0.15) is 0 Å². The van der Waals surface area contributed by atoms with E-state index in [1.807, 2.05) is 34.6 Å². The van der Waals surface area contributed by atoms with Gasteiger partial charge in [-0.3, -0.25) is 29.0 Å². The summed E-state index contributed by atoms with van der Waals surface area (Å²) in [5.74, 6) is -2.75. The zero-order valence-electron chi connectivity index (χ0n) is 27.6. The number of Topliss-reactive ketones (excluding diaryl/α,β-unsaturated/α-hetero) is 2. The van der Waals surface area contributed by atoms with Crippen LogP contribution in [0, 0.1) is 34.5 Å². The van der Waals surface area contributed by atoms with Gasteiger partial charge in [0.15, 0.2) is 0 Å². The molecule has 12 nitrogen and oxygen atoms in total. The van der Waals surface area contributed by atoms with E-state index in [1.54, 1.807) is 18.2 Å². The maximum atomic E-state index is 14.3. The van der Waals surface area contributed by atoms with Crippen LogP contribution < -0.4 is 21.3 Å². The normalized spacial score (nSPS) is 23.7. The van der Waals surface area contributed by atoms with Crippen molar-refractivity contribution in [1.29, 1.82) is 0 Å². The van der Waals surface area contributed by atoms with Crippen LogP contribution in [-0.2, 0) is 19.2 Å². The van der Waals surface area contributed by atoms with E-state index in [-0.39, 0.29) is 40.6 Å². The Balaban J connectivity index is 1.53. The zero-order chi connectivity index (χ0) is 33.4. The molecule has 0 radical (unpaired) electrons. The maximum Gasteiger partial charge on any atom is 0.316 e. The lowest BCUT2D eigenvalue weighted by Gasteiger charge is -2.38. The molecule has 3 fully saturated rings. The van der Waals surface area contributed by atoms with Crippen LogP contribution in [0.5, 0.6) is 0 Å². The van der Waals surface area contributed by atoms with Crippen LogP contribution in [0.15, 0.2) is 24.4 Å². The number of nitrogens with one attached hydrogen (secondary N) is 4. The van der Waals surface area contributed by atoms with E-state index < -0.39 is 59.1 Å². The molecule has 1 saturated heterocycles. The number of fused-ring (bicyclic) bond motifs is 1. The molecule has 0 aromatic carbocycles. The number of urea groups is 1. The van der Waals surface area contributed by atoms with Crippen LogP contribution in [0.1, 0.15) is 78.2 Å². The van der Waals surface area contributed by atoms with Crippen LogP contribution in [0.4, 0.5) is 4.79 Å². The molecule has 4 rings (SSSR count). The highest BCUT2D eigenvalue weighted by molar-refractivity contribution is 6.38. The molecule has 2 aliphatic carbocycles. The lowest BCUT2D eigenvalue weighted by Crippen LogP contribution is -2.62. The van der Waals surface area contributed by atoms with Crippen molar-refractivity contribution < 1.29 is 28.8 Å². The number of carbonyl (C=O) groups is 6. The highest BCUT2D eigenvalue weighted by Crippen LogP contribution is 2.65. The van der Waals surface area contributed by atoms with Gasteiger partial charge in [-0.05, 0) is 53.1 Å². The first-order valence-corrected chi connectivity index (χ1v) is 15.9. The molecule has 1 aromatic rings. The topological polar surface area (TPSA) is 167 Å². The van der Waals surface area contributed by atoms with E-state index in [2.05, 4.69) is 40.1 Å². The van der Waals surface area contributed by atoms with Crippen molar-refractivity contribution in [1.82, 2.24) is 31.2 Å². The Kier molecular flexibility index (Phi) is 9.75. The molecular formula is C33H48N6O6. The van der Waals surface area contributed by atoms with Crippen molar-refractivity contribution in [2.75, 3.05) is 13.6 Å². The van der Waals surface area contributed by atoms with Crippen LogP contribution in [0.25, 0.3) is 0 Å². The minimum absolute atomic E-state index is 0.0736. The first-order valence-electron chi connectivity index (χ1n) is 15.9. The highest BCUT2D eigenvalue weighted by atomic mass is 16.2. The molecule has 0 bridgehead atoms. The molecule has 0 spiro atoms. The number of likely N-dealkylation sites (N-methyl/N-ethyl adjacent to an activating group) is 1. The van der Waals surface area contributed by atoms with E-state index in [1.165, 1.54) is 18.1 Å². The van der Waals surface area contributed by atoms with Gasteiger partial charge >= 0.3 is 6.03 Å². The van der Waals surface area contributed by atoms with Crippen LogP contribution in [0.2, 0.25) is 0 Å². The summed E-state index contributed by atoms with van der Waals surface area (Å²) >= 11 is 0. The van der Waals surface area contributed by atoms with Gasteiger partial charge in [-0.15, -0.1) is 0 Å². The van der Waals surface area contributed by atoms with E-state index >= 15 is 0 Å². The Morgan fingerprint density at radius 1 is 1.02 bits per heavy atom. The monoisotopic (exact) mass is 624 g/mol. The second-order valence-electron chi connectivity index (χ2n) is 14.8. The first-order chi connectivity index (χ1) is 21.0. The van der Waals surface area contributed by atoms with Crippen molar-refractivity contribution in [3.63, 3.8) is 0 Å². The molecule has 45 heavy (non-hydrogen) atoms. The third-order valence-corrected chi connectivity index (χ3v) is 9.65. The molecule has 12 heteroatoms. The molecule has 2 heterocycles. The maximum absolute atomic E-state index is 14.3. The van der Waals surface area contributed by atoms with Crippen LogP contribution >= 0.6 is 0 Å². The van der Waals surface area contributed by atoms with Crippen molar-refractivity contribution in [2.24, 2.45) is 34.5 Å². The predicted octanol–water partition coefficient (Wildman–Crippen LogP) is 2.09. The third-order valence-electron chi connectivity index (χ3n) is 9.65. The van der Waals surface area contributed by atoms with Gasteiger partial charge in [-0.1, -0.05) is 67.4 Å². The summed E-state index contributed by atoms with van der Waals surface area (Å²) in [6.45, 7) is 13.5. The van der Waals surface area contributed by atoms with Crippen LogP contribution in [-0.4, -0.2) is 83.0 Å². The number of pyridine rings is 1. The second-order valence-corrected chi connectivity index (χ2v) is 14.8. The number of amides is 5. The van der Waals surface area contributed by atoms with Crippen molar-refractivity contribution >= 4 is 35.3 Å². The number of carbonyl (C=O) groups excluding carboxylic acids is 6.